The molecule has 0 fully saturated rings. The first-order valence-electron chi connectivity index (χ1n) is 5.96. The summed E-state index contributed by atoms with van der Waals surface area (Å²) in [5.41, 5.74) is 7.00. The molecule has 3 N–H and O–H groups in total. The lowest BCUT2D eigenvalue weighted by Gasteiger charge is -2.29. The summed E-state index contributed by atoms with van der Waals surface area (Å²) in [4.78, 5) is 10.8. The van der Waals surface area contributed by atoms with Crippen LogP contribution in [0.5, 0.6) is 5.75 Å². The summed E-state index contributed by atoms with van der Waals surface area (Å²) >= 11 is 0. The minimum absolute atomic E-state index is 0.260. The average molecular weight is 251 g/mol. The molecule has 1 rings (SSSR count). The van der Waals surface area contributed by atoms with E-state index in [9.17, 15) is 4.79 Å². The van der Waals surface area contributed by atoms with Crippen LogP contribution in [0.1, 0.15) is 31.4 Å². The van der Waals surface area contributed by atoms with Crippen LogP contribution in [0.4, 0.5) is 0 Å². The third kappa shape index (κ3) is 3.74. The van der Waals surface area contributed by atoms with Gasteiger partial charge in [0.15, 0.2) is 0 Å². The third-order valence-corrected chi connectivity index (χ3v) is 2.82. The Bertz CT molecular complexity index is 420. The molecule has 0 bridgehead atoms. The number of aliphatic carboxylic acids is 1. The average Bonchev–Trinajstić information content (AvgIpc) is 2.23. The fourth-order valence-electron chi connectivity index (χ4n) is 1.90. The summed E-state index contributed by atoms with van der Waals surface area (Å²) in [6.45, 7) is 7.63. The molecule has 4 nitrogen and oxygen atoms in total. The molecule has 0 saturated carbocycles. The van der Waals surface area contributed by atoms with Crippen LogP contribution in [-0.4, -0.2) is 22.7 Å². The van der Waals surface area contributed by atoms with E-state index in [1.54, 1.807) is 0 Å². The standard InChI is InChI=1S/C14H21NO3/c1-9-6-5-7-10(2)12(9)18-14(3,4)8-11(15)13(16)17/h5-7,11H,8,15H2,1-4H3,(H,16,17). The van der Waals surface area contributed by atoms with Crippen molar-refractivity contribution in [1.82, 2.24) is 0 Å². The van der Waals surface area contributed by atoms with Crippen LogP contribution in [0.2, 0.25) is 0 Å². The van der Waals surface area contributed by atoms with E-state index in [0.717, 1.165) is 16.9 Å². The first kappa shape index (κ1) is 14.5. The predicted octanol–water partition coefficient (Wildman–Crippen LogP) is 2.26. The molecular formula is C14H21NO3. The number of carboxylic acids is 1. The number of rotatable bonds is 5. The van der Waals surface area contributed by atoms with Gasteiger partial charge in [-0.15, -0.1) is 0 Å². The van der Waals surface area contributed by atoms with E-state index in [1.165, 1.54) is 0 Å². The lowest BCUT2D eigenvalue weighted by Crippen LogP contribution is -2.41. The van der Waals surface area contributed by atoms with E-state index < -0.39 is 17.6 Å². The summed E-state index contributed by atoms with van der Waals surface area (Å²) in [6, 6.07) is 4.99. The Morgan fingerprint density at radius 2 is 1.89 bits per heavy atom. The largest absolute Gasteiger partial charge is 0.487 e. The number of aryl methyl sites for hydroxylation is 2. The van der Waals surface area contributed by atoms with Crippen molar-refractivity contribution < 1.29 is 14.6 Å². The molecule has 0 aromatic heterocycles. The summed E-state index contributed by atoms with van der Waals surface area (Å²) < 4.78 is 5.94. The first-order valence-corrected chi connectivity index (χ1v) is 5.96. The normalized spacial score (nSPS) is 13.2. The molecule has 0 aliphatic carbocycles. The molecule has 0 aliphatic rings. The van der Waals surface area contributed by atoms with Gasteiger partial charge in [0, 0.05) is 6.42 Å². The Balaban J connectivity index is 2.85. The lowest BCUT2D eigenvalue weighted by atomic mass is 9.98. The number of benzene rings is 1. The summed E-state index contributed by atoms with van der Waals surface area (Å²) in [6.07, 6.45) is 0.260. The topological polar surface area (TPSA) is 72.5 Å². The van der Waals surface area contributed by atoms with E-state index in [4.69, 9.17) is 15.6 Å². The summed E-state index contributed by atoms with van der Waals surface area (Å²) in [5, 5.41) is 8.84. The smallest absolute Gasteiger partial charge is 0.320 e. The Kier molecular flexibility index (Phi) is 4.35. The van der Waals surface area contributed by atoms with Crippen LogP contribution >= 0.6 is 0 Å². The Morgan fingerprint density at radius 3 is 2.33 bits per heavy atom. The highest BCUT2D eigenvalue weighted by Crippen LogP contribution is 2.28. The monoisotopic (exact) mass is 251 g/mol. The molecule has 0 heterocycles. The maximum Gasteiger partial charge on any atom is 0.320 e. The predicted molar refractivity (Wildman–Crippen MR) is 70.9 cm³/mol. The molecule has 0 amide bonds. The van der Waals surface area contributed by atoms with Crippen molar-refractivity contribution in [2.45, 2.75) is 45.8 Å². The van der Waals surface area contributed by atoms with Crippen LogP contribution in [0.3, 0.4) is 0 Å². The number of para-hydroxylation sites is 1. The van der Waals surface area contributed by atoms with Crippen LogP contribution in [-0.2, 0) is 4.79 Å². The molecule has 4 heteroatoms. The van der Waals surface area contributed by atoms with Crippen molar-refractivity contribution in [3.63, 3.8) is 0 Å². The number of carbonyl (C=O) groups is 1. The molecule has 100 valence electrons. The van der Waals surface area contributed by atoms with Crippen LogP contribution in [0, 0.1) is 13.8 Å². The molecule has 1 unspecified atom stereocenters. The maximum atomic E-state index is 10.8. The van der Waals surface area contributed by atoms with Gasteiger partial charge in [-0.3, -0.25) is 4.79 Å². The Morgan fingerprint density at radius 1 is 1.39 bits per heavy atom. The maximum absolute atomic E-state index is 10.8. The second kappa shape index (κ2) is 5.40. The molecule has 1 aromatic rings. The molecule has 1 aromatic carbocycles. The van der Waals surface area contributed by atoms with E-state index in [1.807, 2.05) is 45.9 Å². The zero-order valence-electron chi connectivity index (χ0n) is 11.4. The number of hydrogen-bond acceptors (Lipinski definition) is 3. The Labute approximate surface area is 108 Å². The van der Waals surface area contributed by atoms with Gasteiger partial charge in [0.25, 0.3) is 0 Å². The Hall–Kier alpha value is -1.55. The van der Waals surface area contributed by atoms with Gasteiger partial charge in [0.2, 0.25) is 0 Å². The minimum Gasteiger partial charge on any atom is -0.487 e. The van der Waals surface area contributed by atoms with Gasteiger partial charge in [-0.25, -0.2) is 0 Å². The zero-order chi connectivity index (χ0) is 13.9. The van der Waals surface area contributed by atoms with Crippen molar-refractivity contribution in [2.75, 3.05) is 0 Å². The van der Waals surface area contributed by atoms with Crippen molar-refractivity contribution in [2.24, 2.45) is 5.73 Å². The summed E-state index contributed by atoms with van der Waals surface area (Å²) in [5.74, 6) is -0.201. The van der Waals surface area contributed by atoms with Crippen LogP contribution in [0.15, 0.2) is 18.2 Å². The van der Waals surface area contributed by atoms with Gasteiger partial charge in [0.05, 0.1) is 0 Å². The summed E-state index contributed by atoms with van der Waals surface area (Å²) in [7, 11) is 0. The third-order valence-electron chi connectivity index (χ3n) is 2.82. The van der Waals surface area contributed by atoms with Gasteiger partial charge < -0.3 is 15.6 Å². The molecule has 0 spiro atoms. The highest BCUT2D eigenvalue weighted by Gasteiger charge is 2.27. The second-order valence-corrected chi connectivity index (χ2v) is 5.23. The van der Waals surface area contributed by atoms with Crippen molar-refractivity contribution in [3.05, 3.63) is 29.3 Å². The van der Waals surface area contributed by atoms with E-state index in [0.29, 0.717) is 0 Å². The van der Waals surface area contributed by atoms with Crippen molar-refractivity contribution >= 4 is 5.97 Å². The van der Waals surface area contributed by atoms with Gasteiger partial charge in [-0.1, -0.05) is 18.2 Å². The van der Waals surface area contributed by atoms with Gasteiger partial charge in [-0.05, 0) is 38.8 Å². The van der Waals surface area contributed by atoms with Gasteiger partial charge >= 0.3 is 5.97 Å². The highest BCUT2D eigenvalue weighted by atomic mass is 16.5. The minimum atomic E-state index is -1.01. The molecule has 1 atom stereocenters. The van der Waals surface area contributed by atoms with Crippen molar-refractivity contribution in [3.8, 4) is 5.75 Å². The second-order valence-electron chi connectivity index (χ2n) is 5.23. The van der Waals surface area contributed by atoms with E-state index >= 15 is 0 Å². The SMILES string of the molecule is Cc1cccc(C)c1OC(C)(C)CC(N)C(=O)O. The van der Waals surface area contributed by atoms with E-state index in [-0.39, 0.29) is 6.42 Å². The van der Waals surface area contributed by atoms with Gasteiger partial charge in [-0.2, -0.15) is 0 Å². The number of nitrogens with two attached hydrogens (primary N) is 1. The number of ether oxygens (including phenoxy) is 1. The highest BCUT2D eigenvalue weighted by molar-refractivity contribution is 5.73. The number of carboxylic acid groups (broad SMARTS) is 1. The molecule has 0 saturated heterocycles. The lowest BCUT2D eigenvalue weighted by molar-refractivity contribution is -0.139. The fraction of sp³-hybridized carbons (Fsp3) is 0.500. The van der Waals surface area contributed by atoms with Crippen LogP contribution < -0.4 is 10.5 Å². The molecule has 18 heavy (non-hydrogen) atoms. The van der Waals surface area contributed by atoms with Crippen molar-refractivity contribution in [1.29, 1.82) is 0 Å². The fourth-order valence-corrected chi connectivity index (χ4v) is 1.90. The van der Waals surface area contributed by atoms with Gasteiger partial charge in [0.1, 0.15) is 17.4 Å². The molecule has 0 aliphatic heterocycles. The van der Waals surface area contributed by atoms with E-state index in [2.05, 4.69) is 0 Å². The quantitative estimate of drug-likeness (QED) is 0.842. The molecule has 0 radical (unpaired) electrons. The zero-order valence-corrected chi connectivity index (χ0v) is 11.4. The first-order chi connectivity index (χ1) is 8.23. The number of hydrogen-bond donors (Lipinski definition) is 2. The molecular weight excluding hydrogens is 230 g/mol. The van der Waals surface area contributed by atoms with Crippen LogP contribution in [0.25, 0.3) is 0 Å².